The van der Waals surface area contributed by atoms with Gasteiger partial charge in [-0.15, -0.1) is 0 Å². The van der Waals surface area contributed by atoms with Crippen molar-refractivity contribution in [1.29, 1.82) is 0 Å². The monoisotopic (exact) mass is 267 g/mol. The highest BCUT2D eigenvalue weighted by Crippen LogP contribution is 2.21. The number of carbonyl (C=O) groups is 1. The number of aromatic nitrogens is 2. The molecule has 1 aromatic heterocycles. The Bertz CT molecular complexity index is 424. The van der Waals surface area contributed by atoms with Gasteiger partial charge in [0.25, 0.3) is 5.91 Å². The summed E-state index contributed by atoms with van der Waals surface area (Å²) in [6.07, 6.45) is 8.46. The highest BCUT2D eigenvalue weighted by Gasteiger charge is 2.26. The van der Waals surface area contributed by atoms with Gasteiger partial charge in [-0.2, -0.15) is 0 Å². The largest absolute Gasteiger partial charge is 0.334 e. The van der Waals surface area contributed by atoms with E-state index in [0.717, 1.165) is 25.8 Å². The Morgan fingerprint density at radius 1 is 1.44 bits per heavy atom. The topological polar surface area (TPSA) is 46.1 Å². The Balaban J connectivity index is 2.19. The van der Waals surface area contributed by atoms with Crippen molar-refractivity contribution in [1.82, 2.24) is 14.9 Å². The van der Waals surface area contributed by atoms with Gasteiger partial charge < -0.3 is 4.90 Å². The number of hydrogen-bond acceptors (Lipinski definition) is 3. The number of hydrogen-bond donors (Lipinski definition) is 0. The molecule has 5 heteroatoms. The van der Waals surface area contributed by atoms with Crippen molar-refractivity contribution in [2.45, 2.75) is 45.1 Å². The molecule has 1 aliphatic rings. The van der Waals surface area contributed by atoms with Gasteiger partial charge >= 0.3 is 0 Å². The van der Waals surface area contributed by atoms with Crippen molar-refractivity contribution in [2.75, 3.05) is 6.54 Å². The Hall–Kier alpha value is -1.16. The number of halogens is 1. The highest BCUT2D eigenvalue weighted by molar-refractivity contribution is 6.29. The third kappa shape index (κ3) is 2.99. The summed E-state index contributed by atoms with van der Waals surface area (Å²) in [5.74, 6) is -0.0428. The van der Waals surface area contributed by atoms with Crippen LogP contribution in [0.5, 0.6) is 0 Å². The molecule has 1 amide bonds. The molecule has 0 N–H and O–H groups in total. The highest BCUT2D eigenvalue weighted by atomic mass is 35.5. The summed E-state index contributed by atoms with van der Waals surface area (Å²) in [7, 11) is 0. The zero-order valence-corrected chi connectivity index (χ0v) is 11.4. The lowest BCUT2D eigenvalue weighted by Crippen LogP contribution is -2.40. The van der Waals surface area contributed by atoms with Crippen LogP contribution in [0, 0.1) is 0 Å². The van der Waals surface area contributed by atoms with Crippen LogP contribution in [0.3, 0.4) is 0 Å². The van der Waals surface area contributed by atoms with Crippen LogP contribution in [0.15, 0.2) is 12.4 Å². The molecule has 0 aliphatic carbocycles. The predicted octanol–water partition coefficient (Wildman–Crippen LogP) is 2.92. The van der Waals surface area contributed by atoms with E-state index in [1.54, 1.807) is 0 Å². The molecular formula is C13H18ClN3O. The summed E-state index contributed by atoms with van der Waals surface area (Å²) >= 11 is 5.79. The van der Waals surface area contributed by atoms with Crippen LogP contribution in [0.25, 0.3) is 0 Å². The van der Waals surface area contributed by atoms with Crippen molar-refractivity contribution in [3.05, 3.63) is 23.2 Å². The van der Waals surface area contributed by atoms with E-state index in [-0.39, 0.29) is 11.1 Å². The molecule has 1 fully saturated rings. The van der Waals surface area contributed by atoms with E-state index >= 15 is 0 Å². The van der Waals surface area contributed by atoms with Crippen LogP contribution in [-0.2, 0) is 0 Å². The summed E-state index contributed by atoms with van der Waals surface area (Å²) in [5, 5.41) is 0.267. The molecular weight excluding hydrogens is 250 g/mol. The lowest BCUT2D eigenvalue weighted by Gasteiger charge is -2.28. The fourth-order valence-electron chi connectivity index (χ4n) is 2.46. The fourth-order valence-corrected chi connectivity index (χ4v) is 2.61. The number of carbonyl (C=O) groups excluding carboxylic acids is 1. The molecule has 0 aromatic carbocycles. The van der Waals surface area contributed by atoms with E-state index < -0.39 is 0 Å². The normalized spacial score (nSPS) is 20.6. The first-order chi connectivity index (χ1) is 8.72. The zero-order valence-electron chi connectivity index (χ0n) is 10.6. The van der Waals surface area contributed by atoms with E-state index in [9.17, 15) is 4.79 Å². The molecule has 0 spiro atoms. The molecule has 4 nitrogen and oxygen atoms in total. The van der Waals surface area contributed by atoms with Gasteiger partial charge in [-0.1, -0.05) is 31.4 Å². The molecule has 98 valence electrons. The maximum atomic E-state index is 12.4. The molecule has 0 bridgehead atoms. The minimum atomic E-state index is -0.0428. The standard InChI is InChI=1S/C13H18ClN3O/c1-2-10-6-4-3-5-7-17(10)13(18)11-8-15-9-12(14)16-11/h8-10H,2-7H2,1H3. The molecule has 0 radical (unpaired) electrons. The van der Waals surface area contributed by atoms with E-state index in [2.05, 4.69) is 16.9 Å². The van der Waals surface area contributed by atoms with Crippen molar-refractivity contribution < 1.29 is 4.79 Å². The average molecular weight is 268 g/mol. The molecule has 0 saturated carbocycles. The van der Waals surface area contributed by atoms with E-state index in [1.807, 2.05) is 4.90 Å². The van der Waals surface area contributed by atoms with Crippen LogP contribution in [0.1, 0.15) is 49.5 Å². The molecule has 2 heterocycles. The number of nitrogens with zero attached hydrogens (tertiary/aromatic N) is 3. The molecule has 1 saturated heterocycles. The predicted molar refractivity (Wildman–Crippen MR) is 70.6 cm³/mol. The zero-order chi connectivity index (χ0) is 13.0. The second-order valence-electron chi connectivity index (χ2n) is 4.64. The van der Waals surface area contributed by atoms with Crippen LogP contribution >= 0.6 is 11.6 Å². The number of rotatable bonds is 2. The minimum Gasteiger partial charge on any atom is -0.334 e. The van der Waals surface area contributed by atoms with Crippen LogP contribution in [0.2, 0.25) is 5.15 Å². The number of amides is 1. The van der Waals surface area contributed by atoms with Crippen molar-refractivity contribution >= 4 is 17.5 Å². The summed E-state index contributed by atoms with van der Waals surface area (Å²) in [5.41, 5.74) is 0.350. The molecule has 2 rings (SSSR count). The van der Waals surface area contributed by atoms with Crippen molar-refractivity contribution in [3.63, 3.8) is 0 Å². The smallest absolute Gasteiger partial charge is 0.274 e. The SMILES string of the molecule is CCC1CCCCCN1C(=O)c1cncc(Cl)n1. The Kier molecular flexibility index (Phi) is 4.53. The van der Waals surface area contributed by atoms with Gasteiger partial charge in [-0.25, -0.2) is 4.98 Å². The van der Waals surface area contributed by atoms with Crippen LogP contribution < -0.4 is 0 Å². The molecule has 1 atom stereocenters. The van der Waals surface area contributed by atoms with Gasteiger partial charge in [0, 0.05) is 12.6 Å². The van der Waals surface area contributed by atoms with Gasteiger partial charge in [-0.05, 0) is 19.3 Å². The summed E-state index contributed by atoms with van der Waals surface area (Å²) in [6.45, 7) is 2.94. The quantitative estimate of drug-likeness (QED) is 0.828. The second-order valence-corrected chi connectivity index (χ2v) is 5.02. The molecule has 1 unspecified atom stereocenters. The summed E-state index contributed by atoms with van der Waals surface area (Å²) in [4.78, 5) is 22.4. The third-order valence-corrected chi connectivity index (χ3v) is 3.62. The first kappa shape index (κ1) is 13.3. The second kappa shape index (κ2) is 6.14. The van der Waals surface area contributed by atoms with Crippen LogP contribution in [-0.4, -0.2) is 33.4 Å². The van der Waals surface area contributed by atoms with Crippen LogP contribution in [0.4, 0.5) is 0 Å². The van der Waals surface area contributed by atoms with Gasteiger partial charge in [0.2, 0.25) is 0 Å². The Morgan fingerprint density at radius 3 is 3.00 bits per heavy atom. The molecule has 18 heavy (non-hydrogen) atoms. The minimum absolute atomic E-state index is 0.0428. The fraction of sp³-hybridized carbons (Fsp3) is 0.615. The molecule has 1 aliphatic heterocycles. The average Bonchev–Trinajstić information content (AvgIpc) is 2.62. The Morgan fingerprint density at radius 2 is 2.28 bits per heavy atom. The van der Waals surface area contributed by atoms with Crippen molar-refractivity contribution in [2.24, 2.45) is 0 Å². The van der Waals surface area contributed by atoms with E-state index in [4.69, 9.17) is 11.6 Å². The Labute approximate surface area is 112 Å². The van der Waals surface area contributed by atoms with Gasteiger partial charge in [0.05, 0.1) is 12.4 Å². The van der Waals surface area contributed by atoms with Crippen molar-refractivity contribution in [3.8, 4) is 0 Å². The molecule has 1 aromatic rings. The van der Waals surface area contributed by atoms with E-state index in [1.165, 1.54) is 25.2 Å². The third-order valence-electron chi connectivity index (χ3n) is 3.43. The van der Waals surface area contributed by atoms with E-state index in [0.29, 0.717) is 11.7 Å². The maximum absolute atomic E-state index is 12.4. The van der Waals surface area contributed by atoms with Gasteiger partial charge in [0.15, 0.2) is 0 Å². The lowest BCUT2D eigenvalue weighted by atomic mass is 10.1. The summed E-state index contributed by atoms with van der Waals surface area (Å²) < 4.78 is 0. The first-order valence-corrected chi connectivity index (χ1v) is 6.88. The first-order valence-electron chi connectivity index (χ1n) is 6.51. The number of likely N-dealkylation sites (tertiary alicyclic amines) is 1. The van der Waals surface area contributed by atoms with Gasteiger partial charge in [0.1, 0.15) is 10.8 Å². The lowest BCUT2D eigenvalue weighted by molar-refractivity contribution is 0.0671. The maximum Gasteiger partial charge on any atom is 0.274 e. The summed E-state index contributed by atoms with van der Waals surface area (Å²) in [6, 6.07) is 0.320. The van der Waals surface area contributed by atoms with Gasteiger partial charge in [-0.3, -0.25) is 9.78 Å².